The topological polar surface area (TPSA) is 12.0 Å². The second-order valence-electron chi connectivity index (χ2n) is 3.15. The van der Waals surface area contributed by atoms with Gasteiger partial charge in [0.05, 0.1) is 4.99 Å². The SMILES string of the molecule is CC(C)C(=S)Nc1ccc(Cl)cc1. The molecular formula is C10H12ClNS. The highest BCUT2D eigenvalue weighted by Crippen LogP contribution is 2.14. The minimum absolute atomic E-state index is 0.366. The monoisotopic (exact) mass is 213 g/mol. The number of hydrogen-bond donors (Lipinski definition) is 1. The zero-order valence-electron chi connectivity index (χ0n) is 7.67. The van der Waals surface area contributed by atoms with Gasteiger partial charge in [0.2, 0.25) is 0 Å². The predicted octanol–water partition coefficient (Wildman–Crippen LogP) is 3.74. The standard InChI is InChI=1S/C10H12ClNS/c1-7(2)10(13)12-9-5-3-8(11)4-6-9/h3-7H,1-2H3,(H,12,13). The average molecular weight is 214 g/mol. The molecular weight excluding hydrogens is 202 g/mol. The fraction of sp³-hybridized carbons (Fsp3) is 0.300. The van der Waals surface area contributed by atoms with Gasteiger partial charge in [-0.05, 0) is 24.3 Å². The van der Waals surface area contributed by atoms with Crippen LogP contribution in [0.5, 0.6) is 0 Å². The third-order valence-corrected chi connectivity index (χ3v) is 2.46. The number of anilines is 1. The minimum Gasteiger partial charge on any atom is -0.350 e. The normalized spacial score (nSPS) is 10.2. The summed E-state index contributed by atoms with van der Waals surface area (Å²) in [6.07, 6.45) is 0. The van der Waals surface area contributed by atoms with Crippen LogP contribution in [0.3, 0.4) is 0 Å². The second-order valence-corrected chi connectivity index (χ2v) is 4.03. The van der Waals surface area contributed by atoms with Crippen LogP contribution in [0.15, 0.2) is 24.3 Å². The molecule has 0 aromatic heterocycles. The molecule has 0 atom stereocenters. The predicted molar refractivity (Wildman–Crippen MR) is 62.5 cm³/mol. The Morgan fingerprint density at radius 1 is 1.31 bits per heavy atom. The maximum atomic E-state index is 5.75. The number of halogens is 1. The highest BCUT2D eigenvalue weighted by molar-refractivity contribution is 7.80. The van der Waals surface area contributed by atoms with Gasteiger partial charge < -0.3 is 5.32 Å². The molecule has 1 nitrogen and oxygen atoms in total. The van der Waals surface area contributed by atoms with E-state index in [2.05, 4.69) is 19.2 Å². The maximum absolute atomic E-state index is 5.75. The molecule has 0 saturated carbocycles. The van der Waals surface area contributed by atoms with E-state index >= 15 is 0 Å². The summed E-state index contributed by atoms with van der Waals surface area (Å²) >= 11 is 10.9. The molecule has 0 fully saturated rings. The molecule has 0 unspecified atom stereocenters. The summed E-state index contributed by atoms with van der Waals surface area (Å²) in [5.41, 5.74) is 0.989. The summed E-state index contributed by atoms with van der Waals surface area (Å²) in [6.45, 7) is 4.12. The van der Waals surface area contributed by atoms with Crippen molar-refractivity contribution in [1.82, 2.24) is 0 Å². The Kier molecular flexibility index (Phi) is 3.70. The summed E-state index contributed by atoms with van der Waals surface area (Å²) in [5.74, 6) is 0.366. The van der Waals surface area contributed by atoms with Gasteiger partial charge in [0.1, 0.15) is 0 Å². The van der Waals surface area contributed by atoms with Gasteiger partial charge in [-0.2, -0.15) is 0 Å². The van der Waals surface area contributed by atoms with E-state index in [0.29, 0.717) is 5.92 Å². The van der Waals surface area contributed by atoms with E-state index in [1.807, 2.05) is 24.3 Å². The molecule has 0 bridgehead atoms. The first-order chi connectivity index (χ1) is 6.09. The largest absolute Gasteiger partial charge is 0.350 e. The van der Waals surface area contributed by atoms with Crippen molar-refractivity contribution < 1.29 is 0 Å². The average Bonchev–Trinajstić information content (AvgIpc) is 2.08. The lowest BCUT2D eigenvalue weighted by Gasteiger charge is -2.10. The zero-order chi connectivity index (χ0) is 9.84. The van der Waals surface area contributed by atoms with Crippen molar-refractivity contribution in [3.8, 4) is 0 Å². The fourth-order valence-corrected chi connectivity index (χ4v) is 1.06. The fourth-order valence-electron chi connectivity index (χ4n) is 0.820. The van der Waals surface area contributed by atoms with E-state index in [0.717, 1.165) is 15.7 Å². The van der Waals surface area contributed by atoms with Crippen LogP contribution in [0.4, 0.5) is 5.69 Å². The van der Waals surface area contributed by atoms with E-state index in [9.17, 15) is 0 Å². The van der Waals surface area contributed by atoms with Crippen molar-refractivity contribution in [3.63, 3.8) is 0 Å². The molecule has 0 aliphatic carbocycles. The number of benzene rings is 1. The van der Waals surface area contributed by atoms with Crippen molar-refractivity contribution >= 4 is 34.5 Å². The van der Waals surface area contributed by atoms with Gasteiger partial charge in [-0.3, -0.25) is 0 Å². The van der Waals surface area contributed by atoms with Gasteiger partial charge in [0.15, 0.2) is 0 Å². The maximum Gasteiger partial charge on any atom is 0.0823 e. The lowest BCUT2D eigenvalue weighted by Crippen LogP contribution is -2.15. The lowest BCUT2D eigenvalue weighted by molar-refractivity contribution is 0.898. The van der Waals surface area contributed by atoms with Crippen LogP contribution < -0.4 is 5.32 Å². The summed E-state index contributed by atoms with van der Waals surface area (Å²) in [5, 5.41) is 3.88. The first-order valence-corrected chi connectivity index (χ1v) is 4.94. The molecule has 1 rings (SSSR count). The smallest absolute Gasteiger partial charge is 0.0823 e. The number of hydrogen-bond acceptors (Lipinski definition) is 1. The van der Waals surface area contributed by atoms with Crippen LogP contribution in [-0.4, -0.2) is 4.99 Å². The quantitative estimate of drug-likeness (QED) is 0.752. The van der Waals surface area contributed by atoms with Crippen molar-refractivity contribution in [2.45, 2.75) is 13.8 Å². The summed E-state index contributed by atoms with van der Waals surface area (Å²) in [6, 6.07) is 7.51. The molecule has 3 heteroatoms. The summed E-state index contributed by atoms with van der Waals surface area (Å²) in [4.78, 5) is 0.849. The van der Waals surface area contributed by atoms with Crippen LogP contribution >= 0.6 is 23.8 Å². The molecule has 0 aliphatic rings. The Labute approximate surface area is 89.1 Å². The van der Waals surface area contributed by atoms with Crippen molar-refractivity contribution in [3.05, 3.63) is 29.3 Å². The third kappa shape index (κ3) is 3.33. The first kappa shape index (κ1) is 10.5. The van der Waals surface area contributed by atoms with Gasteiger partial charge >= 0.3 is 0 Å². The molecule has 1 aromatic carbocycles. The van der Waals surface area contributed by atoms with Gasteiger partial charge in [0, 0.05) is 16.6 Å². The Hall–Kier alpha value is -0.600. The molecule has 13 heavy (non-hydrogen) atoms. The van der Waals surface area contributed by atoms with Crippen LogP contribution in [0.2, 0.25) is 5.02 Å². The molecule has 0 spiro atoms. The van der Waals surface area contributed by atoms with E-state index < -0.39 is 0 Å². The highest BCUT2D eigenvalue weighted by Gasteiger charge is 2.01. The molecule has 0 aliphatic heterocycles. The first-order valence-electron chi connectivity index (χ1n) is 4.16. The Bertz CT molecular complexity index is 292. The van der Waals surface area contributed by atoms with E-state index in [-0.39, 0.29) is 0 Å². The van der Waals surface area contributed by atoms with Crippen LogP contribution in [0.1, 0.15) is 13.8 Å². The molecule has 0 amide bonds. The van der Waals surface area contributed by atoms with Gasteiger partial charge in [-0.15, -0.1) is 0 Å². The highest BCUT2D eigenvalue weighted by atomic mass is 35.5. The van der Waals surface area contributed by atoms with Crippen molar-refractivity contribution in [1.29, 1.82) is 0 Å². The second kappa shape index (κ2) is 4.58. The van der Waals surface area contributed by atoms with Crippen molar-refractivity contribution in [2.24, 2.45) is 5.92 Å². The molecule has 0 heterocycles. The van der Waals surface area contributed by atoms with Crippen LogP contribution in [0.25, 0.3) is 0 Å². The molecule has 0 saturated heterocycles. The summed E-state index contributed by atoms with van der Waals surface area (Å²) < 4.78 is 0. The molecule has 70 valence electrons. The van der Waals surface area contributed by atoms with Gasteiger partial charge in [0.25, 0.3) is 0 Å². The number of rotatable bonds is 2. The summed E-state index contributed by atoms with van der Waals surface area (Å²) in [7, 11) is 0. The van der Waals surface area contributed by atoms with Gasteiger partial charge in [-0.1, -0.05) is 37.7 Å². The minimum atomic E-state index is 0.366. The Morgan fingerprint density at radius 3 is 2.31 bits per heavy atom. The Morgan fingerprint density at radius 2 is 1.85 bits per heavy atom. The van der Waals surface area contributed by atoms with Crippen LogP contribution in [0, 0.1) is 5.92 Å². The lowest BCUT2D eigenvalue weighted by atomic mass is 10.2. The number of nitrogens with one attached hydrogen (secondary N) is 1. The molecule has 1 aromatic rings. The van der Waals surface area contributed by atoms with E-state index in [1.54, 1.807) is 0 Å². The third-order valence-electron chi connectivity index (χ3n) is 1.64. The van der Waals surface area contributed by atoms with Crippen molar-refractivity contribution in [2.75, 3.05) is 5.32 Å². The number of thiocarbonyl (C=S) groups is 1. The Balaban J connectivity index is 2.65. The zero-order valence-corrected chi connectivity index (χ0v) is 9.25. The van der Waals surface area contributed by atoms with E-state index in [1.165, 1.54) is 0 Å². The van der Waals surface area contributed by atoms with Crippen LogP contribution in [-0.2, 0) is 0 Å². The molecule has 0 radical (unpaired) electrons. The molecule has 1 N–H and O–H groups in total. The van der Waals surface area contributed by atoms with Gasteiger partial charge in [-0.25, -0.2) is 0 Å². The van der Waals surface area contributed by atoms with E-state index in [4.69, 9.17) is 23.8 Å².